The van der Waals surface area contributed by atoms with E-state index in [1.807, 2.05) is 0 Å². The Hall–Kier alpha value is -0.870. The number of rotatable bonds is 4. The topological polar surface area (TPSA) is 32.3 Å². The fourth-order valence-electron chi connectivity index (χ4n) is 5.08. The maximum Gasteiger partial charge on any atom is 0.234 e. The molecule has 0 aromatic carbocycles. The van der Waals surface area contributed by atoms with Gasteiger partial charge in [0.1, 0.15) is 0 Å². The third kappa shape index (κ3) is 3.09. The summed E-state index contributed by atoms with van der Waals surface area (Å²) in [6.45, 7) is 4.55. The van der Waals surface area contributed by atoms with E-state index in [4.69, 9.17) is 0 Å². The molecule has 4 heteroatoms. The van der Waals surface area contributed by atoms with Crippen LogP contribution in [0.5, 0.6) is 0 Å². The first-order valence-corrected chi connectivity index (χ1v) is 9.53. The van der Waals surface area contributed by atoms with Crippen molar-refractivity contribution in [2.24, 2.45) is 17.8 Å². The molecule has 0 radical (unpaired) electrons. The van der Waals surface area contributed by atoms with Crippen molar-refractivity contribution in [3.8, 4) is 0 Å². The monoisotopic (exact) mass is 318 g/mol. The van der Waals surface area contributed by atoms with Crippen LogP contribution in [-0.4, -0.2) is 29.9 Å². The minimum absolute atomic E-state index is 0.201. The second-order valence-electron chi connectivity index (χ2n) is 7.65. The van der Waals surface area contributed by atoms with Gasteiger partial charge in [-0.25, -0.2) is 0 Å². The van der Waals surface area contributed by atoms with Crippen molar-refractivity contribution in [1.29, 1.82) is 0 Å². The summed E-state index contributed by atoms with van der Waals surface area (Å²) in [4.78, 5) is 17.4. The lowest BCUT2D eigenvalue weighted by Crippen LogP contribution is -2.44. The summed E-state index contributed by atoms with van der Waals surface area (Å²) < 4.78 is 0. The number of nitrogens with zero attached hydrogens (tertiary/aromatic N) is 1. The standard InChI is InChI=1S/C18H26N2OS/c1-12-2-3-17(22-12)9-19-18(21)11-20-10-15-5-13-4-14(6-15)8-16(20)7-13/h2-3,13-16H,4-11H2,1H3,(H,19,21). The molecule has 2 saturated carbocycles. The number of fused-ring (bicyclic) bond motifs is 1. The third-order valence-electron chi connectivity index (χ3n) is 5.82. The highest BCUT2D eigenvalue weighted by Gasteiger charge is 2.42. The summed E-state index contributed by atoms with van der Waals surface area (Å²) in [5.74, 6) is 2.95. The summed E-state index contributed by atoms with van der Waals surface area (Å²) in [5, 5.41) is 3.11. The van der Waals surface area contributed by atoms with Gasteiger partial charge in [-0.15, -0.1) is 11.3 Å². The Balaban J connectivity index is 1.33. The summed E-state index contributed by atoms with van der Waals surface area (Å²) >= 11 is 1.77. The maximum atomic E-state index is 12.3. The molecular weight excluding hydrogens is 292 g/mol. The molecule has 2 unspecified atom stereocenters. The lowest BCUT2D eigenvalue weighted by molar-refractivity contribution is -0.123. The zero-order chi connectivity index (χ0) is 15.1. The van der Waals surface area contributed by atoms with Crippen LogP contribution < -0.4 is 5.32 Å². The molecule has 22 heavy (non-hydrogen) atoms. The minimum atomic E-state index is 0.201. The van der Waals surface area contributed by atoms with Crippen molar-refractivity contribution in [1.82, 2.24) is 10.2 Å². The quantitative estimate of drug-likeness (QED) is 0.925. The van der Waals surface area contributed by atoms with E-state index >= 15 is 0 Å². The Morgan fingerprint density at radius 2 is 1.91 bits per heavy atom. The lowest BCUT2D eigenvalue weighted by Gasteiger charge is -2.39. The zero-order valence-electron chi connectivity index (χ0n) is 13.4. The van der Waals surface area contributed by atoms with Crippen molar-refractivity contribution < 1.29 is 4.79 Å². The predicted octanol–water partition coefficient (Wildman–Crippen LogP) is 3.18. The van der Waals surface area contributed by atoms with Gasteiger partial charge in [0, 0.05) is 22.3 Å². The van der Waals surface area contributed by atoms with Crippen LogP contribution in [0.1, 0.15) is 41.9 Å². The smallest absolute Gasteiger partial charge is 0.234 e. The molecule has 120 valence electrons. The fourth-order valence-corrected chi connectivity index (χ4v) is 5.91. The van der Waals surface area contributed by atoms with Gasteiger partial charge in [-0.1, -0.05) is 0 Å². The van der Waals surface area contributed by atoms with Gasteiger partial charge in [0.2, 0.25) is 5.91 Å². The Labute approximate surface area is 137 Å². The Kier molecular flexibility index (Phi) is 3.99. The highest BCUT2D eigenvalue weighted by molar-refractivity contribution is 7.11. The molecule has 2 aliphatic heterocycles. The minimum Gasteiger partial charge on any atom is -0.350 e. The first kappa shape index (κ1) is 14.7. The fraction of sp³-hybridized carbons (Fsp3) is 0.722. The van der Waals surface area contributed by atoms with E-state index in [9.17, 15) is 4.79 Å². The highest BCUT2D eigenvalue weighted by Crippen LogP contribution is 2.47. The number of carbonyl (C=O) groups is 1. The summed E-state index contributed by atoms with van der Waals surface area (Å²) in [6, 6.07) is 4.91. The number of carbonyl (C=O) groups excluding carboxylic acids is 1. The van der Waals surface area contributed by atoms with Crippen LogP contribution in [0.15, 0.2) is 12.1 Å². The van der Waals surface area contributed by atoms with Crippen LogP contribution in [-0.2, 0) is 11.3 Å². The summed E-state index contributed by atoms with van der Waals surface area (Å²) in [7, 11) is 0. The first-order chi connectivity index (χ1) is 10.7. The van der Waals surface area contributed by atoms with E-state index in [0.29, 0.717) is 19.1 Å². The van der Waals surface area contributed by atoms with Gasteiger partial charge in [0.05, 0.1) is 13.1 Å². The molecule has 5 rings (SSSR count). The molecule has 4 fully saturated rings. The molecular formula is C18H26N2OS. The van der Waals surface area contributed by atoms with Crippen LogP contribution in [0, 0.1) is 24.7 Å². The van der Waals surface area contributed by atoms with E-state index < -0.39 is 0 Å². The molecule has 4 aliphatic rings. The zero-order valence-corrected chi connectivity index (χ0v) is 14.2. The highest BCUT2D eigenvalue weighted by atomic mass is 32.1. The van der Waals surface area contributed by atoms with Crippen LogP contribution >= 0.6 is 11.3 Å². The molecule has 1 aromatic heterocycles. The SMILES string of the molecule is Cc1ccc(CNC(=O)CN2CC3CC4CC(C3)CC2C4)s1. The van der Waals surface area contributed by atoms with E-state index in [1.54, 1.807) is 11.3 Å². The molecule has 4 bridgehead atoms. The number of thiophene rings is 1. The van der Waals surface area contributed by atoms with Gasteiger partial charge in [0.15, 0.2) is 0 Å². The van der Waals surface area contributed by atoms with Crippen molar-refractivity contribution in [2.75, 3.05) is 13.1 Å². The lowest BCUT2D eigenvalue weighted by atomic mass is 9.68. The summed E-state index contributed by atoms with van der Waals surface area (Å²) in [5.41, 5.74) is 0. The van der Waals surface area contributed by atoms with Gasteiger partial charge < -0.3 is 5.32 Å². The van der Waals surface area contributed by atoms with Crippen molar-refractivity contribution in [2.45, 2.75) is 51.6 Å². The molecule has 3 nitrogen and oxygen atoms in total. The van der Waals surface area contributed by atoms with Crippen LogP contribution in [0.4, 0.5) is 0 Å². The van der Waals surface area contributed by atoms with Gasteiger partial charge in [-0.2, -0.15) is 0 Å². The van der Waals surface area contributed by atoms with E-state index in [2.05, 4.69) is 29.3 Å². The van der Waals surface area contributed by atoms with Crippen LogP contribution in [0.2, 0.25) is 0 Å². The van der Waals surface area contributed by atoms with E-state index in [0.717, 1.165) is 24.3 Å². The van der Waals surface area contributed by atoms with Crippen molar-refractivity contribution >= 4 is 17.2 Å². The molecule has 1 N–H and O–H groups in total. The number of hydrogen-bond donors (Lipinski definition) is 1. The molecule has 2 saturated heterocycles. The third-order valence-corrected chi connectivity index (χ3v) is 6.82. The number of hydrogen-bond acceptors (Lipinski definition) is 3. The van der Waals surface area contributed by atoms with Crippen molar-refractivity contribution in [3.05, 3.63) is 21.9 Å². The molecule has 0 spiro atoms. The Morgan fingerprint density at radius 1 is 1.18 bits per heavy atom. The number of aryl methyl sites for hydroxylation is 1. The number of nitrogens with one attached hydrogen (secondary N) is 1. The maximum absolute atomic E-state index is 12.3. The average Bonchev–Trinajstić information content (AvgIpc) is 2.80. The van der Waals surface area contributed by atoms with Crippen LogP contribution in [0.25, 0.3) is 0 Å². The van der Waals surface area contributed by atoms with Crippen LogP contribution in [0.3, 0.4) is 0 Å². The van der Waals surface area contributed by atoms with Gasteiger partial charge in [0.25, 0.3) is 0 Å². The molecule has 1 aromatic rings. The van der Waals surface area contributed by atoms with Gasteiger partial charge in [-0.3, -0.25) is 9.69 Å². The molecule has 1 amide bonds. The van der Waals surface area contributed by atoms with Gasteiger partial charge >= 0.3 is 0 Å². The van der Waals surface area contributed by atoms with Crippen molar-refractivity contribution in [3.63, 3.8) is 0 Å². The Bertz CT molecular complexity index is 541. The molecule has 2 aliphatic carbocycles. The normalized spacial score (nSPS) is 33.9. The summed E-state index contributed by atoms with van der Waals surface area (Å²) in [6.07, 6.45) is 6.97. The van der Waals surface area contributed by atoms with E-state index in [-0.39, 0.29) is 5.91 Å². The Morgan fingerprint density at radius 3 is 2.59 bits per heavy atom. The second kappa shape index (κ2) is 5.97. The molecule has 2 atom stereocenters. The largest absolute Gasteiger partial charge is 0.350 e. The van der Waals surface area contributed by atoms with E-state index in [1.165, 1.54) is 41.9 Å². The number of amides is 1. The predicted molar refractivity (Wildman–Crippen MR) is 89.8 cm³/mol. The molecule has 3 heterocycles. The first-order valence-electron chi connectivity index (χ1n) is 8.72. The second-order valence-corrected chi connectivity index (χ2v) is 9.02. The average molecular weight is 318 g/mol. The van der Waals surface area contributed by atoms with Gasteiger partial charge in [-0.05, 0) is 68.9 Å².